The molecule has 0 bridgehead atoms. The second-order valence-electron chi connectivity index (χ2n) is 13.7. The molecule has 6 rings (SSSR count). The molecule has 3 aliphatic heterocycles. The normalized spacial score (nSPS) is 23.1. The molecule has 12 heteroatoms. The number of likely N-dealkylation sites (tertiary alicyclic amines) is 1. The Kier molecular flexibility index (Phi) is 8.98. The molecule has 10 nitrogen and oxygen atoms in total. The van der Waals surface area contributed by atoms with Crippen LogP contribution in [-0.2, 0) is 9.59 Å². The number of carbonyl (C=O) groups is 2. The maximum Gasteiger partial charge on any atom is 0.327 e. The highest BCUT2D eigenvalue weighted by molar-refractivity contribution is 8.01. The molecule has 3 aromatic rings. The second-order valence-corrected chi connectivity index (χ2v) is 15.0. The van der Waals surface area contributed by atoms with Gasteiger partial charge >= 0.3 is 5.69 Å². The summed E-state index contributed by atoms with van der Waals surface area (Å²) >= 11 is 1.48. The van der Waals surface area contributed by atoms with Gasteiger partial charge in [0.15, 0.2) is 5.65 Å². The average Bonchev–Trinajstić information content (AvgIpc) is 3.70. The first kappa shape index (κ1) is 31.6. The fourth-order valence-electron chi connectivity index (χ4n) is 6.89. The lowest BCUT2D eigenvalue weighted by atomic mass is 9.92. The molecule has 2 amide bonds. The summed E-state index contributed by atoms with van der Waals surface area (Å²) in [5, 5.41) is 2.40. The number of likely N-dealkylation sites (N-methyl/N-ethyl adjacent to an activating group) is 1. The topological polar surface area (TPSA) is 107 Å². The number of fused-ring (bicyclic) bond motifs is 1. The summed E-state index contributed by atoms with van der Waals surface area (Å²) in [6, 6.07) is 9.12. The van der Waals surface area contributed by atoms with Crippen molar-refractivity contribution in [1.29, 1.82) is 0 Å². The summed E-state index contributed by atoms with van der Waals surface area (Å²) in [6.07, 6.45) is 4.77. The van der Waals surface area contributed by atoms with Crippen LogP contribution in [0.15, 0.2) is 41.3 Å². The number of imidazole rings is 1. The molecule has 3 saturated heterocycles. The number of hydrogen-bond donors (Lipinski definition) is 2. The van der Waals surface area contributed by atoms with Crippen LogP contribution in [0.4, 0.5) is 10.1 Å². The summed E-state index contributed by atoms with van der Waals surface area (Å²) in [6.45, 7) is 9.47. The van der Waals surface area contributed by atoms with Gasteiger partial charge in [-0.1, -0.05) is 32.9 Å². The van der Waals surface area contributed by atoms with Gasteiger partial charge in [0.05, 0.1) is 16.5 Å². The number of nitrogens with zero attached hydrogens (tertiary/aromatic N) is 5. The van der Waals surface area contributed by atoms with Gasteiger partial charge in [-0.05, 0) is 56.3 Å². The van der Waals surface area contributed by atoms with Crippen LogP contribution in [0.2, 0.25) is 0 Å². The molecule has 3 fully saturated rings. The molecule has 3 aliphatic rings. The Bertz CT molecular complexity index is 1610. The smallest absolute Gasteiger partial charge is 0.327 e. The van der Waals surface area contributed by atoms with Gasteiger partial charge in [-0.2, -0.15) is 0 Å². The standard InChI is InChI=1S/C33H44FN7O3S/c1-33(2,3)13-18-40-30(43)26(45-31(40)23-7-5-8-24(34)28(23)39-15-10-21(20-39)35-4)19-27(42)38-16-11-22(12-17-38)41-25-9-6-14-36-29(25)37-32(41)44/h5-9,14,21-22,26,31,35H,10-13,15-20H2,1-4H3,(H,36,37,44)/t21?,26-,31-/m0/s1. The van der Waals surface area contributed by atoms with Crippen LogP contribution in [0.25, 0.3) is 11.2 Å². The minimum atomic E-state index is -0.540. The van der Waals surface area contributed by atoms with E-state index in [0.717, 1.165) is 30.5 Å². The molecule has 2 N–H and O–H groups in total. The molecule has 5 heterocycles. The molecule has 45 heavy (non-hydrogen) atoms. The Balaban J connectivity index is 1.18. The van der Waals surface area contributed by atoms with Crippen LogP contribution in [0, 0.1) is 11.2 Å². The van der Waals surface area contributed by atoms with E-state index >= 15 is 4.39 Å². The quantitative estimate of drug-likeness (QED) is 0.380. The number of halogens is 1. The van der Waals surface area contributed by atoms with Gasteiger partial charge in [0.2, 0.25) is 11.8 Å². The van der Waals surface area contributed by atoms with E-state index in [0.29, 0.717) is 50.4 Å². The summed E-state index contributed by atoms with van der Waals surface area (Å²) in [5.74, 6) is -0.389. The number of aromatic nitrogens is 3. The SMILES string of the molecule is CNC1CCN(c2c(F)cccc2[C@@H]2S[C@@H](CC(=O)N3CCC(n4c(=O)[nH]c5ncccc54)CC3)C(=O)N2CCC(C)(C)C)C1. The number of amides is 2. The van der Waals surface area contributed by atoms with Crippen LogP contribution in [0.3, 0.4) is 0 Å². The third kappa shape index (κ3) is 6.49. The molecule has 1 unspecified atom stereocenters. The third-order valence-electron chi connectivity index (χ3n) is 9.47. The van der Waals surface area contributed by atoms with Crippen LogP contribution in [0.1, 0.15) is 69.9 Å². The Morgan fingerprint density at radius 1 is 1.11 bits per heavy atom. The van der Waals surface area contributed by atoms with E-state index in [1.54, 1.807) is 16.8 Å². The van der Waals surface area contributed by atoms with Crippen molar-refractivity contribution in [3.05, 3.63) is 58.4 Å². The molecule has 3 atom stereocenters. The van der Waals surface area contributed by atoms with E-state index < -0.39 is 5.25 Å². The number of rotatable bonds is 8. The number of piperidine rings is 1. The Hall–Kier alpha value is -3.38. The lowest BCUT2D eigenvalue weighted by molar-refractivity contribution is -0.136. The van der Waals surface area contributed by atoms with E-state index in [1.165, 1.54) is 17.8 Å². The zero-order valence-corrected chi connectivity index (χ0v) is 27.4. The minimum absolute atomic E-state index is 0.0102. The van der Waals surface area contributed by atoms with Gasteiger partial charge in [0.1, 0.15) is 11.2 Å². The first-order chi connectivity index (χ1) is 21.5. The lowest BCUT2D eigenvalue weighted by Gasteiger charge is -2.33. The van der Waals surface area contributed by atoms with Crippen LogP contribution in [0.5, 0.6) is 0 Å². The number of carbonyl (C=O) groups excluding carboxylic acids is 2. The first-order valence-electron chi connectivity index (χ1n) is 16.0. The van der Waals surface area contributed by atoms with Gasteiger partial charge in [-0.3, -0.25) is 19.1 Å². The Morgan fingerprint density at radius 3 is 2.60 bits per heavy atom. The van der Waals surface area contributed by atoms with Crippen molar-refractivity contribution in [3.63, 3.8) is 0 Å². The number of nitrogens with one attached hydrogen (secondary N) is 2. The number of thioether (sulfide) groups is 1. The van der Waals surface area contributed by atoms with Crippen molar-refractivity contribution in [1.82, 2.24) is 29.7 Å². The van der Waals surface area contributed by atoms with Crippen LogP contribution < -0.4 is 15.9 Å². The number of para-hydroxylation sites is 1. The molecular weight excluding hydrogens is 593 g/mol. The number of hydrogen-bond acceptors (Lipinski definition) is 7. The van der Waals surface area contributed by atoms with E-state index in [4.69, 9.17) is 0 Å². The largest absolute Gasteiger partial charge is 0.367 e. The molecule has 0 spiro atoms. The van der Waals surface area contributed by atoms with Gasteiger partial charge in [0.25, 0.3) is 0 Å². The van der Waals surface area contributed by atoms with Crippen molar-refractivity contribution in [2.45, 2.75) is 75.6 Å². The number of H-pyrrole nitrogens is 1. The minimum Gasteiger partial charge on any atom is -0.367 e. The number of benzene rings is 1. The zero-order chi connectivity index (χ0) is 31.9. The molecule has 242 valence electrons. The molecule has 0 radical (unpaired) electrons. The van der Waals surface area contributed by atoms with E-state index in [-0.39, 0.29) is 52.6 Å². The molecule has 0 saturated carbocycles. The van der Waals surface area contributed by atoms with E-state index in [9.17, 15) is 14.4 Å². The Labute approximate surface area is 267 Å². The fraction of sp³-hybridized carbons (Fsp3) is 0.576. The van der Waals surface area contributed by atoms with Crippen molar-refractivity contribution in [2.24, 2.45) is 5.41 Å². The molecule has 0 aliphatic carbocycles. The highest BCUT2D eigenvalue weighted by Crippen LogP contribution is 2.48. The maximum absolute atomic E-state index is 15.5. The fourth-order valence-corrected chi connectivity index (χ4v) is 8.39. The molecule has 2 aromatic heterocycles. The van der Waals surface area contributed by atoms with Crippen LogP contribution >= 0.6 is 11.8 Å². The average molecular weight is 638 g/mol. The monoisotopic (exact) mass is 637 g/mol. The van der Waals surface area contributed by atoms with Gasteiger partial charge < -0.3 is 20.0 Å². The summed E-state index contributed by atoms with van der Waals surface area (Å²) < 4.78 is 17.3. The van der Waals surface area contributed by atoms with Crippen molar-refractivity contribution in [3.8, 4) is 0 Å². The number of pyridine rings is 1. The molecular formula is C33H44FN7O3S. The van der Waals surface area contributed by atoms with Crippen molar-refractivity contribution < 1.29 is 14.0 Å². The van der Waals surface area contributed by atoms with E-state index in [1.807, 2.05) is 35.0 Å². The first-order valence-corrected chi connectivity index (χ1v) is 17.0. The van der Waals surface area contributed by atoms with Gasteiger partial charge in [-0.15, -0.1) is 11.8 Å². The number of anilines is 1. The highest BCUT2D eigenvalue weighted by Gasteiger charge is 2.44. The number of aromatic amines is 1. The van der Waals surface area contributed by atoms with Crippen molar-refractivity contribution >= 4 is 40.4 Å². The van der Waals surface area contributed by atoms with E-state index in [2.05, 4.69) is 41.0 Å². The summed E-state index contributed by atoms with van der Waals surface area (Å²) in [4.78, 5) is 53.2. The Morgan fingerprint density at radius 2 is 1.89 bits per heavy atom. The second kappa shape index (κ2) is 12.8. The predicted molar refractivity (Wildman–Crippen MR) is 176 cm³/mol. The molecule has 1 aromatic carbocycles. The van der Waals surface area contributed by atoms with Crippen LogP contribution in [-0.4, -0.2) is 87.2 Å². The van der Waals surface area contributed by atoms with Crippen molar-refractivity contribution in [2.75, 3.05) is 44.7 Å². The lowest BCUT2D eigenvalue weighted by Crippen LogP contribution is -2.42. The maximum atomic E-state index is 15.5. The zero-order valence-electron chi connectivity index (χ0n) is 26.6. The predicted octanol–water partition coefficient (Wildman–Crippen LogP) is 4.29. The third-order valence-corrected chi connectivity index (χ3v) is 10.9. The van der Waals surface area contributed by atoms with Gasteiger partial charge in [-0.25, -0.2) is 14.2 Å². The van der Waals surface area contributed by atoms with Gasteiger partial charge in [0, 0.05) is 63.0 Å². The summed E-state index contributed by atoms with van der Waals surface area (Å²) in [7, 11) is 1.93. The summed E-state index contributed by atoms with van der Waals surface area (Å²) in [5.41, 5.74) is 2.53. The highest BCUT2D eigenvalue weighted by atomic mass is 32.2.